The molecule has 1 aliphatic rings. The van der Waals surface area contributed by atoms with Crippen LogP contribution in [0.2, 0.25) is 0 Å². The van der Waals surface area contributed by atoms with Gasteiger partial charge in [0.05, 0.1) is 12.6 Å². The third kappa shape index (κ3) is 5.53. The van der Waals surface area contributed by atoms with Crippen LogP contribution in [-0.4, -0.2) is 63.3 Å². The van der Waals surface area contributed by atoms with Gasteiger partial charge in [0.25, 0.3) is 0 Å². The summed E-state index contributed by atoms with van der Waals surface area (Å²) in [6.07, 6.45) is 11.1. The van der Waals surface area contributed by atoms with Crippen molar-refractivity contribution in [3.8, 4) is 0 Å². The van der Waals surface area contributed by atoms with Crippen molar-refractivity contribution in [2.75, 3.05) is 32.7 Å². The van der Waals surface area contributed by atoms with Crippen LogP contribution >= 0.6 is 0 Å². The topological polar surface area (TPSA) is 66.3 Å². The number of nitrogens with zero attached hydrogens (tertiary/aromatic N) is 5. The lowest BCUT2D eigenvalue weighted by atomic mass is 10.0. The predicted octanol–water partition coefficient (Wildman–Crippen LogP) is 2.54. The van der Waals surface area contributed by atoms with Crippen LogP contribution in [0.3, 0.4) is 0 Å². The fraction of sp³-hybridized carbons (Fsp3) is 0.550. The molecule has 27 heavy (non-hydrogen) atoms. The Morgan fingerprint density at radius 3 is 2.78 bits per heavy atom. The van der Waals surface area contributed by atoms with Crippen molar-refractivity contribution in [1.82, 2.24) is 29.9 Å². The maximum absolute atomic E-state index is 12.7. The molecular formula is C20H30N6O. The van der Waals surface area contributed by atoms with E-state index < -0.39 is 0 Å². The van der Waals surface area contributed by atoms with Gasteiger partial charge in [0.15, 0.2) is 0 Å². The van der Waals surface area contributed by atoms with Crippen LogP contribution in [0, 0.1) is 0 Å². The second kappa shape index (κ2) is 10.1. The van der Waals surface area contributed by atoms with E-state index in [1.807, 2.05) is 41.0 Å². The smallest absolute Gasteiger partial charge is 0.317 e. The van der Waals surface area contributed by atoms with E-state index in [0.29, 0.717) is 26.2 Å². The van der Waals surface area contributed by atoms with Gasteiger partial charge < -0.3 is 10.2 Å². The molecule has 0 spiro atoms. The van der Waals surface area contributed by atoms with Gasteiger partial charge in [-0.25, -0.2) is 4.79 Å². The molecule has 2 amide bonds. The van der Waals surface area contributed by atoms with E-state index in [4.69, 9.17) is 0 Å². The Hall–Kier alpha value is -2.41. The Kier molecular flexibility index (Phi) is 7.21. The number of amides is 2. The van der Waals surface area contributed by atoms with Crippen molar-refractivity contribution in [3.63, 3.8) is 0 Å². The molecule has 2 aromatic heterocycles. The first-order valence-electron chi connectivity index (χ1n) is 9.92. The number of nitrogens with one attached hydrogen (secondary N) is 1. The second-order valence-electron chi connectivity index (χ2n) is 6.93. The minimum Gasteiger partial charge on any atom is -0.336 e. The molecular weight excluding hydrogens is 340 g/mol. The minimum atomic E-state index is -0.0180. The lowest BCUT2D eigenvalue weighted by molar-refractivity contribution is 0.154. The second-order valence-corrected chi connectivity index (χ2v) is 6.93. The highest BCUT2D eigenvalue weighted by molar-refractivity contribution is 5.74. The number of carbonyl (C=O) groups is 1. The van der Waals surface area contributed by atoms with Crippen molar-refractivity contribution in [2.45, 2.75) is 38.8 Å². The van der Waals surface area contributed by atoms with Crippen molar-refractivity contribution < 1.29 is 4.79 Å². The fourth-order valence-corrected chi connectivity index (χ4v) is 3.62. The Morgan fingerprint density at radius 1 is 1.26 bits per heavy atom. The van der Waals surface area contributed by atoms with E-state index in [1.54, 1.807) is 12.4 Å². The Morgan fingerprint density at radius 2 is 2.11 bits per heavy atom. The van der Waals surface area contributed by atoms with Crippen molar-refractivity contribution in [3.05, 3.63) is 48.5 Å². The number of carbonyl (C=O) groups excluding carboxylic acids is 1. The molecule has 2 aromatic rings. The third-order valence-corrected chi connectivity index (χ3v) is 5.17. The summed E-state index contributed by atoms with van der Waals surface area (Å²) in [6, 6.07) is 6.13. The number of urea groups is 1. The third-order valence-electron chi connectivity index (χ3n) is 5.17. The van der Waals surface area contributed by atoms with Gasteiger partial charge in [0, 0.05) is 44.4 Å². The number of likely N-dealkylation sites (tertiary alicyclic amines) is 1. The van der Waals surface area contributed by atoms with E-state index in [2.05, 4.69) is 26.4 Å². The van der Waals surface area contributed by atoms with Crippen LogP contribution in [0.4, 0.5) is 4.79 Å². The van der Waals surface area contributed by atoms with Crippen LogP contribution in [0.25, 0.3) is 0 Å². The van der Waals surface area contributed by atoms with Crippen LogP contribution in [-0.2, 0) is 6.54 Å². The molecule has 1 unspecified atom stereocenters. The first-order chi connectivity index (χ1) is 13.3. The Balaban J connectivity index is 1.58. The molecule has 146 valence electrons. The normalized spacial score (nSPS) is 16.0. The lowest BCUT2D eigenvalue weighted by Crippen LogP contribution is -2.46. The summed E-state index contributed by atoms with van der Waals surface area (Å²) in [5.41, 5.74) is 1.17. The van der Waals surface area contributed by atoms with Crippen LogP contribution in [0.5, 0.6) is 0 Å². The van der Waals surface area contributed by atoms with Gasteiger partial charge in [-0.2, -0.15) is 5.10 Å². The molecule has 1 aliphatic heterocycles. The van der Waals surface area contributed by atoms with Gasteiger partial charge in [-0.15, -0.1) is 0 Å². The highest BCUT2D eigenvalue weighted by atomic mass is 16.2. The summed E-state index contributed by atoms with van der Waals surface area (Å²) in [5, 5.41) is 7.35. The van der Waals surface area contributed by atoms with E-state index in [-0.39, 0.29) is 12.1 Å². The molecule has 1 N–H and O–H groups in total. The molecule has 0 saturated carbocycles. The SMILES string of the molecule is CCN(CCn1cccn1)C(=O)NCC(c1cccnc1)N1CCCCC1. The first-order valence-corrected chi connectivity index (χ1v) is 9.92. The molecule has 3 rings (SSSR count). The number of likely N-dealkylation sites (N-methyl/N-ethyl adjacent to an activating group) is 1. The number of rotatable bonds is 8. The molecule has 3 heterocycles. The average molecular weight is 371 g/mol. The lowest BCUT2D eigenvalue weighted by Gasteiger charge is -2.35. The molecule has 7 heteroatoms. The van der Waals surface area contributed by atoms with Gasteiger partial charge >= 0.3 is 6.03 Å². The minimum absolute atomic E-state index is 0.0180. The van der Waals surface area contributed by atoms with E-state index in [1.165, 1.54) is 24.8 Å². The highest BCUT2D eigenvalue weighted by Crippen LogP contribution is 2.23. The maximum Gasteiger partial charge on any atom is 0.317 e. The van der Waals surface area contributed by atoms with E-state index >= 15 is 0 Å². The van der Waals surface area contributed by atoms with Crippen LogP contribution < -0.4 is 5.32 Å². The summed E-state index contributed by atoms with van der Waals surface area (Å²) in [7, 11) is 0. The zero-order chi connectivity index (χ0) is 18.9. The largest absolute Gasteiger partial charge is 0.336 e. The molecule has 0 aromatic carbocycles. The van der Waals surface area contributed by atoms with Gasteiger partial charge in [0.1, 0.15) is 0 Å². The molecule has 0 bridgehead atoms. The summed E-state index contributed by atoms with van der Waals surface area (Å²) in [4.78, 5) is 21.3. The maximum atomic E-state index is 12.7. The van der Waals surface area contributed by atoms with Gasteiger partial charge in [-0.3, -0.25) is 14.6 Å². The molecule has 0 radical (unpaired) electrons. The van der Waals surface area contributed by atoms with E-state index in [9.17, 15) is 4.79 Å². The van der Waals surface area contributed by atoms with Gasteiger partial charge in [-0.1, -0.05) is 12.5 Å². The summed E-state index contributed by atoms with van der Waals surface area (Å²) >= 11 is 0. The average Bonchev–Trinajstić information content (AvgIpc) is 3.24. The molecule has 1 saturated heterocycles. The number of piperidine rings is 1. The first kappa shape index (κ1) is 19.4. The zero-order valence-corrected chi connectivity index (χ0v) is 16.1. The van der Waals surface area contributed by atoms with Crippen LogP contribution in [0.1, 0.15) is 37.8 Å². The quantitative estimate of drug-likeness (QED) is 0.775. The van der Waals surface area contributed by atoms with Gasteiger partial charge in [-0.05, 0) is 50.6 Å². The number of pyridine rings is 1. The van der Waals surface area contributed by atoms with Crippen molar-refractivity contribution in [2.24, 2.45) is 0 Å². The fourth-order valence-electron chi connectivity index (χ4n) is 3.62. The molecule has 7 nitrogen and oxygen atoms in total. The molecule has 1 fully saturated rings. The molecule has 0 aliphatic carbocycles. The zero-order valence-electron chi connectivity index (χ0n) is 16.1. The monoisotopic (exact) mass is 370 g/mol. The summed E-state index contributed by atoms with van der Waals surface area (Å²) in [5.74, 6) is 0. The highest BCUT2D eigenvalue weighted by Gasteiger charge is 2.23. The number of hydrogen-bond acceptors (Lipinski definition) is 4. The van der Waals surface area contributed by atoms with Crippen LogP contribution in [0.15, 0.2) is 43.0 Å². The Bertz CT molecular complexity index is 669. The predicted molar refractivity (Wildman–Crippen MR) is 105 cm³/mol. The van der Waals surface area contributed by atoms with E-state index in [0.717, 1.165) is 13.1 Å². The Labute approximate surface area is 161 Å². The molecule has 1 atom stereocenters. The summed E-state index contributed by atoms with van der Waals surface area (Å²) in [6.45, 7) is 6.78. The number of aromatic nitrogens is 3. The van der Waals surface area contributed by atoms with Crippen molar-refractivity contribution >= 4 is 6.03 Å². The van der Waals surface area contributed by atoms with Crippen molar-refractivity contribution in [1.29, 1.82) is 0 Å². The standard InChI is InChI=1S/C20H30N6O/c1-2-24(14-15-26-13-7-10-23-26)20(27)22-17-19(18-8-6-9-21-16-18)25-11-4-3-5-12-25/h6-10,13,16,19H,2-5,11-12,14-15,17H2,1H3,(H,22,27). The summed E-state index contributed by atoms with van der Waals surface area (Å²) < 4.78 is 1.85. The van der Waals surface area contributed by atoms with Gasteiger partial charge in [0.2, 0.25) is 0 Å². The number of hydrogen-bond donors (Lipinski definition) is 1.